The van der Waals surface area contributed by atoms with Gasteiger partial charge in [0.05, 0.1) is 0 Å². The Morgan fingerprint density at radius 3 is 3.00 bits per heavy atom. The van der Waals surface area contributed by atoms with Gasteiger partial charge in [-0.2, -0.15) is 0 Å². The summed E-state index contributed by atoms with van der Waals surface area (Å²) in [5.74, 6) is 0.564. The number of anilines is 1. The van der Waals surface area contributed by atoms with Crippen LogP contribution in [0.15, 0.2) is 24.3 Å². The topological polar surface area (TPSA) is 24.9 Å². The highest BCUT2D eigenvalue weighted by Gasteiger charge is 2.28. The van der Waals surface area contributed by atoms with Crippen molar-refractivity contribution in [3.8, 4) is 0 Å². The zero-order valence-corrected chi connectivity index (χ0v) is 9.34. The minimum atomic E-state index is -0.258. The van der Waals surface area contributed by atoms with Crippen LogP contribution in [0.25, 0.3) is 10.9 Å². The van der Waals surface area contributed by atoms with E-state index in [9.17, 15) is 4.39 Å². The number of aromatic nitrogens is 1. The van der Waals surface area contributed by atoms with Crippen molar-refractivity contribution >= 4 is 16.7 Å². The van der Waals surface area contributed by atoms with Gasteiger partial charge in [0.2, 0.25) is 0 Å². The number of nitrogens with one attached hydrogen (secondary N) is 1. The molecule has 3 rings (SSSR count). The summed E-state index contributed by atoms with van der Waals surface area (Å²) in [5, 5.41) is 4.19. The van der Waals surface area contributed by atoms with Crippen molar-refractivity contribution in [2.24, 2.45) is 0 Å². The normalized spacial score (nSPS) is 17.2. The molecular weight excluding hydrogens is 203 g/mol. The van der Waals surface area contributed by atoms with Crippen molar-refractivity contribution < 1.29 is 4.39 Å². The van der Waals surface area contributed by atoms with E-state index in [0.717, 1.165) is 17.6 Å². The van der Waals surface area contributed by atoms with Gasteiger partial charge in [-0.05, 0) is 38.0 Å². The first-order valence-electron chi connectivity index (χ1n) is 5.41. The van der Waals surface area contributed by atoms with Gasteiger partial charge >= 0.3 is 0 Å². The lowest BCUT2D eigenvalue weighted by molar-refractivity contribution is 0.593. The molecule has 1 aliphatic rings. The third kappa shape index (κ3) is 1.35. The van der Waals surface area contributed by atoms with E-state index < -0.39 is 0 Å². The lowest BCUT2D eigenvalue weighted by Gasteiger charge is -2.17. The van der Waals surface area contributed by atoms with E-state index in [2.05, 4.69) is 24.1 Å². The van der Waals surface area contributed by atoms with E-state index in [1.165, 1.54) is 11.6 Å². The van der Waals surface area contributed by atoms with Crippen molar-refractivity contribution in [1.82, 2.24) is 4.98 Å². The number of hydrogen-bond acceptors (Lipinski definition) is 2. The van der Waals surface area contributed by atoms with Crippen LogP contribution in [0.3, 0.4) is 0 Å². The number of rotatable bonds is 0. The Morgan fingerprint density at radius 2 is 2.19 bits per heavy atom. The van der Waals surface area contributed by atoms with E-state index in [1.807, 2.05) is 12.1 Å². The van der Waals surface area contributed by atoms with Crippen LogP contribution in [0.1, 0.15) is 19.4 Å². The van der Waals surface area contributed by atoms with Crippen molar-refractivity contribution in [3.63, 3.8) is 0 Å². The molecule has 82 valence electrons. The third-order valence-electron chi connectivity index (χ3n) is 2.96. The van der Waals surface area contributed by atoms with Crippen LogP contribution in [-0.2, 0) is 6.42 Å². The van der Waals surface area contributed by atoms with Crippen molar-refractivity contribution in [2.75, 3.05) is 5.32 Å². The van der Waals surface area contributed by atoms with E-state index in [0.29, 0.717) is 5.52 Å². The molecule has 16 heavy (non-hydrogen) atoms. The number of fused-ring (bicyclic) bond motifs is 2. The third-order valence-corrected chi connectivity index (χ3v) is 2.96. The molecule has 0 bridgehead atoms. The Morgan fingerprint density at radius 1 is 1.38 bits per heavy atom. The summed E-state index contributed by atoms with van der Waals surface area (Å²) in [6.45, 7) is 4.24. The largest absolute Gasteiger partial charge is 0.365 e. The molecule has 2 aromatic rings. The van der Waals surface area contributed by atoms with Crippen LogP contribution in [0.5, 0.6) is 0 Å². The maximum Gasteiger partial charge on any atom is 0.149 e. The van der Waals surface area contributed by atoms with Crippen LogP contribution >= 0.6 is 0 Å². The Kier molecular flexibility index (Phi) is 1.76. The average molecular weight is 216 g/mol. The minimum absolute atomic E-state index is 0.0170. The highest BCUT2D eigenvalue weighted by Crippen LogP contribution is 2.33. The average Bonchev–Trinajstić information content (AvgIpc) is 2.48. The number of hydrogen-bond donors (Lipinski definition) is 1. The second-order valence-electron chi connectivity index (χ2n) is 4.99. The Bertz CT molecular complexity index is 575. The molecule has 0 spiro atoms. The van der Waals surface area contributed by atoms with Crippen LogP contribution in [-0.4, -0.2) is 10.5 Å². The molecule has 1 aromatic heterocycles. The summed E-state index contributed by atoms with van der Waals surface area (Å²) >= 11 is 0. The minimum Gasteiger partial charge on any atom is -0.365 e. The number of halogens is 1. The second kappa shape index (κ2) is 2.94. The molecule has 2 nitrogen and oxygen atoms in total. The molecule has 0 unspecified atom stereocenters. The van der Waals surface area contributed by atoms with Gasteiger partial charge in [-0.3, -0.25) is 0 Å². The first kappa shape index (κ1) is 9.58. The number of pyridine rings is 1. The fourth-order valence-corrected chi connectivity index (χ4v) is 2.29. The molecule has 2 heterocycles. The molecular formula is C13H13FN2. The highest BCUT2D eigenvalue weighted by molar-refractivity contribution is 5.83. The van der Waals surface area contributed by atoms with Crippen molar-refractivity contribution in [1.29, 1.82) is 0 Å². The summed E-state index contributed by atoms with van der Waals surface area (Å²) in [5.41, 5.74) is 1.64. The van der Waals surface area contributed by atoms with Gasteiger partial charge in [-0.1, -0.05) is 12.1 Å². The number of para-hydroxylation sites is 1. The van der Waals surface area contributed by atoms with Crippen LogP contribution in [0.2, 0.25) is 0 Å². The maximum absolute atomic E-state index is 13.6. The van der Waals surface area contributed by atoms with E-state index in [1.54, 1.807) is 6.07 Å². The fraction of sp³-hybridized carbons (Fsp3) is 0.308. The summed E-state index contributed by atoms with van der Waals surface area (Å²) in [7, 11) is 0. The standard InChI is InChI=1S/C13H13FN2/c1-13(2)7-9-6-8-4-3-5-10(14)11(8)15-12(9)16-13/h3-6H,7H2,1-2H3,(H,15,16). The van der Waals surface area contributed by atoms with Crippen LogP contribution < -0.4 is 5.32 Å². The predicted molar refractivity (Wildman–Crippen MR) is 63.1 cm³/mol. The van der Waals surface area contributed by atoms with E-state index in [4.69, 9.17) is 0 Å². The number of benzene rings is 1. The lowest BCUT2D eigenvalue weighted by Crippen LogP contribution is -2.27. The smallest absolute Gasteiger partial charge is 0.149 e. The molecule has 1 aliphatic heterocycles. The maximum atomic E-state index is 13.6. The SMILES string of the molecule is CC1(C)Cc2cc3cccc(F)c3nc2N1. The van der Waals surface area contributed by atoms with Gasteiger partial charge in [-0.25, -0.2) is 9.37 Å². The van der Waals surface area contributed by atoms with Gasteiger partial charge in [-0.15, -0.1) is 0 Å². The summed E-state index contributed by atoms with van der Waals surface area (Å²) < 4.78 is 13.6. The molecule has 3 heteroatoms. The van der Waals surface area contributed by atoms with Gasteiger partial charge in [0, 0.05) is 10.9 Å². The van der Waals surface area contributed by atoms with E-state index in [-0.39, 0.29) is 11.4 Å². The summed E-state index contributed by atoms with van der Waals surface area (Å²) in [6, 6.07) is 7.10. The lowest BCUT2D eigenvalue weighted by atomic mass is 10.0. The molecule has 1 N–H and O–H groups in total. The molecule has 0 saturated heterocycles. The first-order chi connectivity index (χ1) is 7.55. The number of nitrogens with zero attached hydrogens (tertiary/aromatic N) is 1. The van der Waals surface area contributed by atoms with Gasteiger partial charge < -0.3 is 5.32 Å². The molecule has 0 atom stereocenters. The van der Waals surface area contributed by atoms with Crippen molar-refractivity contribution in [3.05, 3.63) is 35.6 Å². The monoisotopic (exact) mass is 216 g/mol. The predicted octanol–water partition coefficient (Wildman–Crippen LogP) is 3.12. The second-order valence-corrected chi connectivity index (χ2v) is 4.99. The molecule has 0 fully saturated rings. The zero-order chi connectivity index (χ0) is 11.3. The van der Waals surface area contributed by atoms with E-state index >= 15 is 0 Å². The Hall–Kier alpha value is -1.64. The van der Waals surface area contributed by atoms with Gasteiger partial charge in [0.15, 0.2) is 0 Å². The van der Waals surface area contributed by atoms with Crippen LogP contribution in [0, 0.1) is 5.82 Å². The molecule has 0 amide bonds. The Balaban J connectivity index is 2.26. The summed E-state index contributed by atoms with van der Waals surface area (Å²) in [6.07, 6.45) is 0.932. The first-order valence-corrected chi connectivity index (χ1v) is 5.41. The highest BCUT2D eigenvalue weighted by atomic mass is 19.1. The van der Waals surface area contributed by atoms with Gasteiger partial charge in [0.25, 0.3) is 0 Å². The van der Waals surface area contributed by atoms with Crippen LogP contribution in [0.4, 0.5) is 10.2 Å². The molecule has 0 saturated carbocycles. The Labute approximate surface area is 93.5 Å². The molecule has 0 aliphatic carbocycles. The zero-order valence-electron chi connectivity index (χ0n) is 9.34. The van der Waals surface area contributed by atoms with Gasteiger partial charge in [0.1, 0.15) is 17.2 Å². The molecule has 0 radical (unpaired) electrons. The fourth-order valence-electron chi connectivity index (χ4n) is 2.29. The summed E-state index contributed by atoms with van der Waals surface area (Å²) in [4.78, 5) is 4.36. The molecule has 1 aromatic carbocycles. The van der Waals surface area contributed by atoms with Crippen molar-refractivity contribution in [2.45, 2.75) is 25.8 Å². The quantitative estimate of drug-likeness (QED) is 0.731.